The molecule has 0 N–H and O–H groups in total. The highest BCUT2D eigenvalue weighted by atomic mass is 16.5. The Hall–Kier alpha value is -1.83. The second-order valence-corrected chi connectivity index (χ2v) is 6.65. The largest absolute Gasteiger partial charge is 0.462 e. The Balaban J connectivity index is 1.93. The number of rotatable bonds is 8. The first-order valence-corrected chi connectivity index (χ1v) is 9.36. The SMILES string of the molecule is CCCCC(CC)COC(=O)/C=C1/C=C(c2ccccc2)CCC1. The van der Waals surface area contributed by atoms with Gasteiger partial charge in [0.15, 0.2) is 0 Å². The molecule has 2 heteroatoms. The minimum absolute atomic E-state index is 0.189. The fourth-order valence-corrected chi connectivity index (χ4v) is 3.14. The summed E-state index contributed by atoms with van der Waals surface area (Å²) in [6.45, 7) is 4.92. The fourth-order valence-electron chi connectivity index (χ4n) is 3.14. The second kappa shape index (κ2) is 10.1. The Labute approximate surface area is 146 Å². The molecule has 2 rings (SSSR count). The van der Waals surface area contributed by atoms with Gasteiger partial charge in [-0.25, -0.2) is 4.79 Å². The molecule has 1 aromatic carbocycles. The molecule has 1 aliphatic carbocycles. The standard InChI is InChI=1S/C22H30O2/c1-3-5-10-18(4-2)17-24-22(23)16-19-11-9-14-21(15-19)20-12-7-6-8-13-20/h6-8,12-13,15-16,18H,3-5,9-11,14,17H2,1-2H3/b19-16+. The molecule has 1 aliphatic rings. The van der Waals surface area contributed by atoms with E-state index in [0.29, 0.717) is 12.5 Å². The first-order chi connectivity index (χ1) is 11.7. The zero-order valence-corrected chi connectivity index (χ0v) is 15.1. The lowest BCUT2D eigenvalue weighted by Gasteiger charge is -2.16. The summed E-state index contributed by atoms with van der Waals surface area (Å²) in [5.74, 6) is 0.305. The molecule has 0 heterocycles. The van der Waals surface area contributed by atoms with E-state index in [9.17, 15) is 4.79 Å². The normalized spacial score (nSPS) is 17.4. The Morgan fingerprint density at radius 1 is 1.21 bits per heavy atom. The van der Waals surface area contributed by atoms with Crippen molar-refractivity contribution in [3.8, 4) is 0 Å². The van der Waals surface area contributed by atoms with Gasteiger partial charge in [0.05, 0.1) is 6.61 Å². The van der Waals surface area contributed by atoms with E-state index in [2.05, 4.69) is 44.2 Å². The van der Waals surface area contributed by atoms with Gasteiger partial charge in [-0.1, -0.05) is 69.5 Å². The summed E-state index contributed by atoms with van der Waals surface area (Å²) in [5, 5.41) is 0. The Morgan fingerprint density at radius 3 is 2.71 bits per heavy atom. The smallest absolute Gasteiger partial charge is 0.331 e. The molecule has 1 aromatic rings. The molecule has 24 heavy (non-hydrogen) atoms. The molecule has 0 amide bonds. The molecule has 0 spiro atoms. The van der Waals surface area contributed by atoms with Crippen LogP contribution in [0.15, 0.2) is 48.1 Å². The van der Waals surface area contributed by atoms with Gasteiger partial charge in [-0.15, -0.1) is 0 Å². The van der Waals surface area contributed by atoms with Crippen molar-refractivity contribution in [2.24, 2.45) is 5.92 Å². The lowest BCUT2D eigenvalue weighted by molar-refractivity contribution is -0.139. The van der Waals surface area contributed by atoms with Crippen molar-refractivity contribution in [3.05, 3.63) is 53.6 Å². The van der Waals surface area contributed by atoms with Gasteiger partial charge in [0, 0.05) is 6.08 Å². The zero-order chi connectivity index (χ0) is 17.2. The van der Waals surface area contributed by atoms with Crippen molar-refractivity contribution >= 4 is 11.5 Å². The van der Waals surface area contributed by atoms with E-state index in [4.69, 9.17) is 4.74 Å². The van der Waals surface area contributed by atoms with Gasteiger partial charge in [-0.3, -0.25) is 0 Å². The number of hydrogen-bond acceptors (Lipinski definition) is 2. The molecule has 2 nitrogen and oxygen atoms in total. The number of unbranched alkanes of at least 4 members (excludes halogenated alkanes) is 1. The van der Waals surface area contributed by atoms with Crippen molar-refractivity contribution < 1.29 is 9.53 Å². The summed E-state index contributed by atoms with van der Waals surface area (Å²) < 4.78 is 5.49. The van der Waals surface area contributed by atoms with Crippen LogP contribution in [-0.2, 0) is 9.53 Å². The minimum atomic E-state index is -0.189. The maximum Gasteiger partial charge on any atom is 0.331 e. The van der Waals surface area contributed by atoms with Crippen LogP contribution in [0.1, 0.15) is 64.4 Å². The summed E-state index contributed by atoms with van der Waals surface area (Å²) >= 11 is 0. The first kappa shape index (κ1) is 18.5. The van der Waals surface area contributed by atoms with Gasteiger partial charge in [0.2, 0.25) is 0 Å². The summed E-state index contributed by atoms with van der Waals surface area (Å²) in [7, 11) is 0. The van der Waals surface area contributed by atoms with Crippen LogP contribution in [0, 0.1) is 5.92 Å². The van der Waals surface area contributed by atoms with E-state index in [0.717, 1.165) is 37.7 Å². The lowest BCUT2D eigenvalue weighted by Crippen LogP contribution is -2.13. The van der Waals surface area contributed by atoms with Crippen LogP contribution >= 0.6 is 0 Å². The predicted molar refractivity (Wildman–Crippen MR) is 101 cm³/mol. The summed E-state index contributed by atoms with van der Waals surface area (Å²) in [4.78, 5) is 12.1. The van der Waals surface area contributed by atoms with E-state index >= 15 is 0 Å². The molecule has 0 radical (unpaired) electrons. The summed E-state index contributed by atoms with van der Waals surface area (Å²) in [6.07, 6.45) is 11.6. The molecule has 130 valence electrons. The molecule has 1 unspecified atom stereocenters. The number of ether oxygens (including phenoxy) is 1. The van der Waals surface area contributed by atoms with Crippen LogP contribution in [0.4, 0.5) is 0 Å². The molecule has 0 aromatic heterocycles. The van der Waals surface area contributed by atoms with Crippen LogP contribution < -0.4 is 0 Å². The number of hydrogen-bond donors (Lipinski definition) is 0. The monoisotopic (exact) mass is 326 g/mol. The number of carbonyl (C=O) groups is 1. The average molecular weight is 326 g/mol. The Bertz CT molecular complexity index is 569. The fraction of sp³-hybridized carbons (Fsp3) is 0.500. The molecule has 0 saturated heterocycles. The first-order valence-electron chi connectivity index (χ1n) is 9.36. The predicted octanol–water partition coefficient (Wildman–Crippen LogP) is 5.94. The molecule has 1 atom stereocenters. The third-order valence-electron chi connectivity index (χ3n) is 4.72. The maximum absolute atomic E-state index is 12.1. The molecule has 0 saturated carbocycles. The molecular formula is C22H30O2. The molecule has 0 bridgehead atoms. The number of carbonyl (C=O) groups excluding carboxylic acids is 1. The third kappa shape index (κ3) is 5.99. The van der Waals surface area contributed by atoms with Crippen molar-refractivity contribution in [3.63, 3.8) is 0 Å². The van der Waals surface area contributed by atoms with Gasteiger partial charge in [-0.2, -0.15) is 0 Å². The Morgan fingerprint density at radius 2 is 2.00 bits per heavy atom. The molecule has 0 aliphatic heterocycles. The number of allylic oxidation sites excluding steroid dienone is 3. The molecular weight excluding hydrogens is 296 g/mol. The van der Waals surface area contributed by atoms with Crippen LogP contribution in [0.25, 0.3) is 5.57 Å². The van der Waals surface area contributed by atoms with Crippen molar-refractivity contribution in [2.75, 3.05) is 6.61 Å². The van der Waals surface area contributed by atoms with Gasteiger partial charge in [-0.05, 0) is 48.3 Å². The van der Waals surface area contributed by atoms with Crippen molar-refractivity contribution in [2.45, 2.75) is 58.8 Å². The minimum Gasteiger partial charge on any atom is -0.462 e. The second-order valence-electron chi connectivity index (χ2n) is 6.65. The van der Waals surface area contributed by atoms with E-state index in [-0.39, 0.29) is 5.97 Å². The van der Waals surface area contributed by atoms with Gasteiger partial charge in [0.25, 0.3) is 0 Å². The number of benzene rings is 1. The van der Waals surface area contributed by atoms with E-state index < -0.39 is 0 Å². The van der Waals surface area contributed by atoms with Gasteiger partial charge in [0.1, 0.15) is 0 Å². The average Bonchev–Trinajstić information content (AvgIpc) is 2.63. The molecule has 0 fully saturated rings. The van der Waals surface area contributed by atoms with Gasteiger partial charge < -0.3 is 4.74 Å². The summed E-state index contributed by atoms with van der Waals surface area (Å²) in [6, 6.07) is 10.4. The van der Waals surface area contributed by atoms with E-state index in [1.165, 1.54) is 24.0 Å². The van der Waals surface area contributed by atoms with E-state index in [1.807, 2.05) is 6.07 Å². The number of esters is 1. The van der Waals surface area contributed by atoms with Crippen molar-refractivity contribution in [1.29, 1.82) is 0 Å². The van der Waals surface area contributed by atoms with Gasteiger partial charge >= 0.3 is 5.97 Å². The highest BCUT2D eigenvalue weighted by molar-refractivity contribution is 5.84. The van der Waals surface area contributed by atoms with Crippen LogP contribution in [0.2, 0.25) is 0 Å². The quantitative estimate of drug-likeness (QED) is 0.436. The van der Waals surface area contributed by atoms with Crippen LogP contribution in [-0.4, -0.2) is 12.6 Å². The topological polar surface area (TPSA) is 26.3 Å². The lowest BCUT2D eigenvalue weighted by atomic mass is 9.90. The van der Waals surface area contributed by atoms with Crippen LogP contribution in [0.3, 0.4) is 0 Å². The summed E-state index contributed by atoms with van der Waals surface area (Å²) in [5.41, 5.74) is 3.66. The maximum atomic E-state index is 12.1. The zero-order valence-electron chi connectivity index (χ0n) is 15.1. The van der Waals surface area contributed by atoms with E-state index in [1.54, 1.807) is 6.08 Å². The van der Waals surface area contributed by atoms with Crippen LogP contribution in [0.5, 0.6) is 0 Å². The highest BCUT2D eigenvalue weighted by Gasteiger charge is 2.12. The Kier molecular flexibility index (Phi) is 7.81. The van der Waals surface area contributed by atoms with Crippen molar-refractivity contribution in [1.82, 2.24) is 0 Å². The highest BCUT2D eigenvalue weighted by Crippen LogP contribution is 2.29. The third-order valence-corrected chi connectivity index (χ3v) is 4.72.